The van der Waals surface area contributed by atoms with Crippen LogP contribution in [0.1, 0.15) is 29.5 Å². The molecule has 1 aromatic heterocycles. The summed E-state index contributed by atoms with van der Waals surface area (Å²) >= 11 is 0. The van der Waals surface area contributed by atoms with Crippen molar-refractivity contribution < 1.29 is 27.9 Å². The van der Waals surface area contributed by atoms with Gasteiger partial charge in [0.1, 0.15) is 17.9 Å². The van der Waals surface area contributed by atoms with Crippen molar-refractivity contribution in [1.29, 1.82) is 0 Å². The predicted molar refractivity (Wildman–Crippen MR) is 178 cm³/mol. The second-order valence-corrected chi connectivity index (χ2v) is 11.6. The number of para-hydroxylation sites is 1. The maximum Gasteiger partial charge on any atom is 0.414 e. The van der Waals surface area contributed by atoms with Crippen LogP contribution in [0.15, 0.2) is 108 Å². The SMILES string of the molecule is COC(=O)N(c1ccccc1CC[C@@H]1CN[C@H](c2nnc(-c3ccc(F)cc3)o2)CO1)[C@@H](Cc1ccc(-c2ccccc2)cc1)C(N)=O. The molecule has 0 saturated carbocycles. The van der Waals surface area contributed by atoms with Crippen LogP contribution in [0.2, 0.25) is 0 Å². The molecular weight excluding hydrogens is 613 g/mol. The number of halogens is 1. The standard InChI is InChI=1S/C37H36FN5O5/c1-46-37(45)43(33(34(39)44)21-24-11-13-26(14-12-24)25-7-3-2-4-8-25)32-10-6-5-9-27(32)17-20-30-22-40-31(23-47-30)36-42-41-35(48-36)28-15-18-29(38)19-16-28/h2-16,18-19,30-31,33,40H,17,20-23H2,1H3,(H2,39,44)/t30-,31+,33+/m1/s1. The molecule has 1 aliphatic rings. The predicted octanol–water partition coefficient (Wildman–Crippen LogP) is 5.87. The Labute approximate surface area is 277 Å². The molecule has 3 N–H and O–H groups in total. The molecule has 246 valence electrons. The summed E-state index contributed by atoms with van der Waals surface area (Å²) < 4.78 is 30.4. The quantitative estimate of drug-likeness (QED) is 0.182. The number of nitrogens with zero attached hydrogens (tertiary/aromatic N) is 3. The minimum Gasteiger partial charge on any atom is -0.452 e. The van der Waals surface area contributed by atoms with Crippen LogP contribution in [0.25, 0.3) is 22.6 Å². The second kappa shape index (κ2) is 15.0. The average Bonchev–Trinajstić information content (AvgIpc) is 3.62. The van der Waals surface area contributed by atoms with E-state index in [-0.39, 0.29) is 24.4 Å². The lowest BCUT2D eigenvalue weighted by Crippen LogP contribution is -2.50. The minimum absolute atomic E-state index is 0.129. The molecule has 2 heterocycles. The van der Waals surface area contributed by atoms with Crippen molar-refractivity contribution in [3.05, 3.63) is 126 Å². The topological polar surface area (TPSA) is 133 Å². The summed E-state index contributed by atoms with van der Waals surface area (Å²) in [6.07, 6.45) is 0.607. The number of nitrogens with one attached hydrogen (secondary N) is 1. The monoisotopic (exact) mass is 649 g/mol. The number of ether oxygens (including phenoxy) is 2. The molecule has 11 heteroatoms. The smallest absolute Gasteiger partial charge is 0.414 e. The number of amides is 2. The lowest BCUT2D eigenvalue weighted by Gasteiger charge is -2.31. The van der Waals surface area contributed by atoms with E-state index >= 15 is 0 Å². The van der Waals surface area contributed by atoms with Gasteiger partial charge in [-0.1, -0.05) is 72.8 Å². The number of anilines is 1. The molecule has 1 aliphatic heterocycles. The fraction of sp³-hybridized carbons (Fsp3) is 0.243. The number of carbonyl (C=O) groups excluding carboxylic acids is 2. The maximum atomic E-state index is 13.3. The zero-order valence-corrected chi connectivity index (χ0v) is 26.4. The Morgan fingerprint density at radius 2 is 1.62 bits per heavy atom. The minimum atomic E-state index is -0.983. The van der Waals surface area contributed by atoms with Crippen LogP contribution < -0.4 is 16.0 Å². The zero-order chi connectivity index (χ0) is 33.5. The van der Waals surface area contributed by atoms with Gasteiger partial charge in [0.25, 0.3) is 0 Å². The van der Waals surface area contributed by atoms with Crippen molar-refractivity contribution in [3.63, 3.8) is 0 Å². The van der Waals surface area contributed by atoms with Crippen molar-refractivity contribution in [3.8, 4) is 22.6 Å². The Hall–Kier alpha value is -5.39. The third-order valence-corrected chi connectivity index (χ3v) is 8.41. The first-order chi connectivity index (χ1) is 23.4. The van der Waals surface area contributed by atoms with Gasteiger partial charge in [-0.25, -0.2) is 9.18 Å². The number of methoxy groups -OCH3 is 1. The van der Waals surface area contributed by atoms with Crippen molar-refractivity contribution in [2.45, 2.75) is 37.5 Å². The normalized spacial score (nSPS) is 16.6. The van der Waals surface area contributed by atoms with Crippen molar-refractivity contribution >= 4 is 17.7 Å². The maximum absolute atomic E-state index is 13.3. The zero-order valence-electron chi connectivity index (χ0n) is 26.4. The summed E-state index contributed by atoms with van der Waals surface area (Å²) in [4.78, 5) is 27.5. The number of carbonyl (C=O) groups is 2. The van der Waals surface area contributed by atoms with Gasteiger partial charge < -0.3 is 24.9 Å². The van der Waals surface area contributed by atoms with Gasteiger partial charge in [-0.2, -0.15) is 0 Å². The highest BCUT2D eigenvalue weighted by Crippen LogP contribution is 2.29. The fourth-order valence-corrected chi connectivity index (χ4v) is 5.82. The summed E-state index contributed by atoms with van der Waals surface area (Å²) in [5.74, 6) is -0.291. The van der Waals surface area contributed by atoms with Gasteiger partial charge in [-0.15, -0.1) is 10.2 Å². The average molecular weight is 650 g/mol. The van der Waals surface area contributed by atoms with Gasteiger partial charge in [0, 0.05) is 18.5 Å². The lowest BCUT2D eigenvalue weighted by atomic mass is 9.98. The number of aryl methyl sites for hydroxylation is 1. The molecule has 4 aromatic carbocycles. The first-order valence-corrected chi connectivity index (χ1v) is 15.7. The highest BCUT2D eigenvalue weighted by Gasteiger charge is 2.33. The molecule has 0 radical (unpaired) electrons. The number of hydrogen-bond donors (Lipinski definition) is 2. The fourth-order valence-electron chi connectivity index (χ4n) is 5.82. The largest absolute Gasteiger partial charge is 0.452 e. The van der Waals surface area contributed by atoms with E-state index in [0.717, 1.165) is 22.3 Å². The Morgan fingerprint density at radius 1 is 0.938 bits per heavy atom. The summed E-state index contributed by atoms with van der Waals surface area (Å²) in [6, 6.07) is 29.9. The molecule has 5 aromatic rings. The van der Waals surface area contributed by atoms with Gasteiger partial charge in [0.2, 0.25) is 17.7 Å². The molecule has 3 atom stereocenters. The Balaban J connectivity index is 1.12. The van der Waals surface area contributed by atoms with Crippen LogP contribution >= 0.6 is 0 Å². The molecule has 0 unspecified atom stereocenters. The number of hydrogen-bond acceptors (Lipinski definition) is 8. The van der Waals surface area contributed by atoms with Gasteiger partial charge in [-0.05, 0) is 65.4 Å². The van der Waals surface area contributed by atoms with E-state index < -0.39 is 18.0 Å². The molecular formula is C37H36FN5O5. The number of primary amides is 1. The van der Waals surface area contributed by atoms with Gasteiger partial charge in [-0.3, -0.25) is 9.69 Å². The number of aromatic nitrogens is 2. The lowest BCUT2D eigenvalue weighted by molar-refractivity contribution is -0.119. The number of rotatable bonds is 11. The van der Waals surface area contributed by atoms with Gasteiger partial charge >= 0.3 is 6.09 Å². The van der Waals surface area contributed by atoms with Crippen LogP contribution in [-0.2, 0) is 27.1 Å². The van der Waals surface area contributed by atoms with E-state index in [0.29, 0.717) is 49.0 Å². The number of morpholine rings is 1. The molecule has 48 heavy (non-hydrogen) atoms. The second-order valence-electron chi connectivity index (χ2n) is 11.6. The third kappa shape index (κ3) is 7.59. The number of benzene rings is 4. The third-order valence-electron chi connectivity index (χ3n) is 8.41. The number of nitrogens with two attached hydrogens (primary N) is 1. The van der Waals surface area contributed by atoms with E-state index in [1.165, 1.54) is 24.1 Å². The van der Waals surface area contributed by atoms with Crippen LogP contribution in [-0.4, -0.2) is 54.6 Å². The van der Waals surface area contributed by atoms with Gasteiger partial charge in [0.15, 0.2) is 0 Å². The highest BCUT2D eigenvalue weighted by atomic mass is 19.1. The molecule has 1 saturated heterocycles. The first kappa shape index (κ1) is 32.5. The molecule has 0 spiro atoms. The summed E-state index contributed by atoms with van der Waals surface area (Å²) in [7, 11) is 1.29. The van der Waals surface area contributed by atoms with E-state index in [2.05, 4.69) is 15.5 Å². The Bertz CT molecular complexity index is 1820. The summed E-state index contributed by atoms with van der Waals surface area (Å²) in [5.41, 5.74) is 10.9. The molecule has 0 aliphatic carbocycles. The highest BCUT2D eigenvalue weighted by molar-refractivity contribution is 5.97. The van der Waals surface area contributed by atoms with Crippen LogP contribution in [0.5, 0.6) is 0 Å². The van der Waals surface area contributed by atoms with Crippen LogP contribution in [0.3, 0.4) is 0 Å². The van der Waals surface area contributed by atoms with Crippen LogP contribution in [0.4, 0.5) is 14.9 Å². The van der Waals surface area contributed by atoms with E-state index in [1.54, 1.807) is 18.2 Å². The van der Waals surface area contributed by atoms with Crippen molar-refractivity contribution in [2.24, 2.45) is 5.73 Å². The molecule has 0 bridgehead atoms. The first-order valence-electron chi connectivity index (χ1n) is 15.7. The summed E-state index contributed by atoms with van der Waals surface area (Å²) in [5, 5.41) is 11.7. The molecule has 1 fully saturated rings. The molecule has 6 rings (SSSR count). The summed E-state index contributed by atoms with van der Waals surface area (Å²) in [6.45, 7) is 0.850. The van der Waals surface area contributed by atoms with Crippen molar-refractivity contribution in [1.82, 2.24) is 15.5 Å². The van der Waals surface area contributed by atoms with E-state index in [1.807, 2.05) is 72.8 Å². The van der Waals surface area contributed by atoms with Crippen molar-refractivity contribution in [2.75, 3.05) is 25.2 Å². The van der Waals surface area contributed by atoms with Gasteiger partial charge in [0.05, 0.1) is 25.5 Å². The van der Waals surface area contributed by atoms with E-state index in [9.17, 15) is 14.0 Å². The molecule has 2 amide bonds. The molecule has 10 nitrogen and oxygen atoms in total. The Morgan fingerprint density at radius 3 is 2.31 bits per heavy atom. The van der Waals surface area contributed by atoms with E-state index in [4.69, 9.17) is 19.6 Å². The van der Waals surface area contributed by atoms with Crippen LogP contribution in [0, 0.1) is 5.82 Å². The Kier molecular flexibility index (Phi) is 10.2.